The number of nitrogens with zero attached hydrogens (tertiary/aromatic N) is 3. The minimum absolute atomic E-state index is 0.0515. The van der Waals surface area contributed by atoms with E-state index in [0.29, 0.717) is 64.3 Å². The van der Waals surface area contributed by atoms with Gasteiger partial charge in [0.25, 0.3) is 17.7 Å². The first-order valence-electron chi connectivity index (χ1n) is 18.8. The van der Waals surface area contributed by atoms with Crippen LogP contribution in [0.5, 0.6) is 5.75 Å². The highest BCUT2D eigenvalue weighted by Crippen LogP contribution is 2.45. The lowest BCUT2D eigenvalue weighted by molar-refractivity contribution is -0.136. The van der Waals surface area contributed by atoms with Gasteiger partial charge in [0.1, 0.15) is 11.8 Å². The summed E-state index contributed by atoms with van der Waals surface area (Å²) in [6.45, 7) is 1.02. The summed E-state index contributed by atoms with van der Waals surface area (Å²) in [5, 5.41) is 9.62. The Morgan fingerprint density at radius 3 is 2.44 bits per heavy atom. The maximum absolute atomic E-state index is 13.3. The molecule has 0 aromatic heterocycles. The van der Waals surface area contributed by atoms with E-state index >= 15 is 0 Å². The van der Waals surface area contributed by atoms with Crippen molar-refractivity contribution >= 4 is 80.2 Å². The van der Waals surface area contributed by atoms with Crippen molar-refractivity contribution in [3.05, 3.63) is 89.0 Å². The van der Waals surface area contributed by atoms with E-state index in [1.54, 1.807) is 67.7 Å². The monoisotopic (exact) mass is 793 g/mol. The average Bonchev–Trinajstić information content (AvgIpc) is 3.60. The topological polar surface area (TPSA) is 198 Å². The summed E-state index contributed by atoms with van der Waals surface area (Å²) in [6, 6.07) is 17.7. The van der Waals surface area contributed by atoms with Gasteiger partial charge in [-0.3, -0.25) is 47.5 Å². The molecule has 296 valence electrons. The average molecular weight is 794 g/mol. The van der Waals surface area contributed by atoms with Gasteiger partial charge in [-0.15, -0.1) is 0 Å². The molecule has 2 atom stereocenters. The van der Waals surface area contributed by atoms with Gasteiger partial charge in [-0.2, -0.15) is 0 Å². The maximum atomic E-state index is 13.3. The van der Waals surface area contributed by atoms with E-state index in [-0.39, 0.29) is 42.2 Å². The Labute approximate surface area is 331 Å². The molecule has 2 unspecified atom stereocenters. The van der Waals surface area contributed by atoms with Gasteiger partial charge in [0.2, 0.25) is 17.7 Å². The van der Waals surface area contributed by atoms with Crippen molar-refractivity contribution in [2.24, 2.45) is 0 Å². The number of carbonyl (C=O) groups is 6. The molecule has 7 rings (SSSR count). The number of unbranched alkanes of at least 4 members (excludes halogenated alkanes) is 3. The van der Waals surface area contributed by atoms with Gasteiger partial charge in [0.15, 0.2) is 0 Å². The molecule has 3 N–H and O–H groups in total. The Morgan fingerprint density at radius 2 is 1.68 bits per heavy atom. The number of hydrogen-bond acceptors (Lipinski definition) is 10. The molecule has 4 aromatic rings. The summed E-state index contributed by atoms with van der Waals surface area (Å²) in [7, 11) is 3.13. The van der Waals surface area contributed by atoms with Gasteiger partial charge in [0.05, 0.1) is 52.1 Å². The molecule has 0 bridgehead atoms. The van der Waals surface area contributed by atoms with Crippen LogP contribution in [-0.4, -0.2) is 82.4 Å². The molecule has 3 aliphatic heterocycles. The normalized spacial score (nSPS) is 16.5. The number of carbonyl (C=O) groups excluding carboxylic acids is 6. The predicted octanol–water partition coefficient (Wildman–Crippen LogP) is 4.49. The van der Waals surface area contributed by atoms with Crippen molar-refractivity contribution in [1.82, 2.24) is 15.5 Å². The standard InChI is InChI=1S/C41H42N6O9S/c1-45-31-16-15-29(47(57(54)55)30-12-5-6-13-33(30)56-2)26-22-24(23-27(36(26)31)39(45)51)14-18-34(48)43-21-8-4-3-7-20-42-28-11-9-10-25-37(28)41(53)46(40(25)52)32-17-19-35(49)44-38(32)50/h5-6,9-13,15-16,22-23,32,42H,3-4,7-8,14,17-21H2,1-2H3,(H,43,48)(H,54,55)(H,44,49,50)/p-1. The lowest BCUT2D eigenvalue weighted by atomic mass is 9.97. The molecule has 3 aliphatic rings. The summed E-state index contributed by atoms with van der Waals surface area (Å²) in [5.74, 6) is -2.19. The number of fused-ring (bicyclic) bond motifs is 1. The summed E-state index contributed by atoms with van der Waals surface area (Å²) in [6.07, 6.45) is 3.85. The zero-order valence-electron chi connectivity index (χ0n) is 31.4. The highest BCUT2D eigenvalue weighted by atomic mass is 32.2. The van der Waals surface area contributed by atoms with Gasteiger partial charge in [-0.25, -0.2) is 0 Å². The summed E-state index contributed by atoms with van der Waals surface area (Å²) < 4.78 is 32.0. The lowest BCUT2D eigenvalue weighted by Gasteiger charge is -2.29. The highest BCUT2D eigenvalue weighted by Gasteiger charge is 2.45. The molecule has 0 aliphatic carbocycles. The van der Waals surface area contributed by atoms with Crippen molar-refractivity contribution in [2.75, 3.05) is 41.8 Å². The van der Waals surface area contributed by atoms with Crippen molar-refractivity contribution in [3.8, 4) is 5.75 Å². The molecular formula is C41H41N6O9S-. The van der Waals surface area contributed by atoms with Crippen LogP contribution >= 0.6 is 0 Å². The Hall–Kier alpha value is -6.13. The van der Waals surface area contributed by atoms with Gasteiger partial charge in [-0.1, -0.05) is 31.0 Å². The number of anilines is 4. The Balaban J connectivity index is 0.905. The molecule has 15 nitrogen and oxygen atoms in total. The van der Waals surface area contributed by atoms with Crippen molar-refractivity contribution < 1.29 is 42.3 Å². The molecular weight excluding hydrogens is 753 g/mol. The largest absolute Gasteiger partial charge is 0.755 e. The molecule has 1 fully saturated rings. The number of piperidine rings is 1. The van der Waals surface area contributed by atoms with Crippen molar-refractivity contribution in [3.63, 3.8) is 0 Å². The molecule has 57 heavy (non-hydrogen) atoms. The van der Waals surface area contributed by atoms with E-state index in [1.165, 1.54) is 12.0 Å². The smallest absolute Gasteiger partial charge is 0.264 e. The van der Waals surface area contributed by atoms with E-state index in [4.69, 9.17) is 4.74 Å². The third kappa shape index (κ3) is 7.57. The molecule has 3 heterocycles. The van der Waals surface area contributed by atoms with E-state index in [0.717, 1.165) is 40.5 Å². The summed E-state index contributed by atoms with van der Waals surface area (Å²) in [4.78, 5) is 79.0. The van der Waals surface area contributed by atoms with Gasteiger partial charge >= 0.3 is 0 Å². The zero-order chi connectivity index (χ0) is 40.4. The SMILES string of the molecule is COc1ccccc1N(c1ccc2c3c(cc(CCC(=O)NCCCCCCNc4cccc5c4C(=O)N(C4CCC(=O)NC4=O)C5=O)cc13)C(=O)N2C)S(=O)[O-]. The van der Waals surface area contributed by atoms with Gasteiger partial charge in [0, 0.05) is 49.4 Å². The first-order valence-corrected chi connectivity index (χ1v) is 19.8. The molecule has 16 heteroatoms. The second-order valence-electron chi connectivity index (χ2n) is 14.1. The van der Waals surface area contributed by atoms with Crippen LogP contribution < -0.4 is 29.9 Å². The Morgan fingerprint density at radius 1 is 0.912 bits per heavy atom. The van der Waals surface area contributed by atoms with Crippen LogP contribution in [-0.2, 0) is 32.1 Å². The van der Waals surface area contributed by atoms with E-state index in [2.05, 4.69) is 16.0 Å². The van der Waals surface area contributed by atoms with Crippen molar-refractivity contribution in [1.29, 1.82) is 0 Å². The Bertz CT molecular complexity index is 2350. The Kier molecular flexibility index (Phi) is 11.3. The first kappa shape index (κ1) is 39.1. The minimum Gasteiger partial charge on any atom is -0.755 e. The van der Waals surface area contributed by atoms with Gasteiger partial charge in [-0.05, 0) is 79.8 Å². The summed E-state index contributed by atoms with van der Waals surface area (Å²) in [5.41, 5.74) is 3.45. The van der Waals surface area contributed by atoms with Crippen LogP contribution in [0, 0.1) is 0 Å². The van der Waals surface area contributed by atoms with Gasteiger partial charge < -0.3 is 24.8 Å². The molecule has 0 radical (unpaired) electrons. The van der Waals surface area contributed by atoms with Crippen LogP contribution in [0.15, 0.2) is 66.7 Å². The maximum Gasteiger partial charge on any atom is 0.264 e. The second kappa shape index (κ2) is 16.5. The lowest BCUT2D eigenvalue weighted by Crippen LogP contribution is -2.54. The van der Waals surface area contributed by atoms with Crippen LogP contribution in [0.2, 0.25) is 0 Å². The first-order chi connectivity index (χ1) is 27.5. The van der Waals surface area contributed by atoms with E-state index in [9.17, 15) is 37.5 Å². The van der Waals surface area contributed by atoms with Crippen LogP contribution in [0.4, 0.5) is 22.7 Å². The molecule has 1 saturated heterocycles. The number of para-hydroxylation sites is 2. The fourth-order valence-corrected chi connectivity index (χ4v) is 8.35. The van der Waals surface area contributed by atoms with Crippen LogP contribution in [0.1, 0.15) is 81.6 Å². The number of nitrogens with one attached hydrogen (secondary N) is 3. The number of methoxy groups -OCH3 is 1. The number of ether oxygens (including phenoxy) is 1. The number of amides is 6. The minimum atomic E-state index is -2.73. The third-order valence-electron chi connectivity index (χ3n) is 10.5. The molecule has 6 amide bonds. The molecule has 0 spiro atoms. The quantitative estimate of drug-likeness (QED) is 0.0826. The third-order valence-corrected chi connectivity index (χ3v) is 11.2. The number of hydrogen-bond donors (Lipinski definition) is 3. The fourth-order valence-electron chi connectivity index (χ4n) is 7.72. The number of aryl methyl sites for hydroxylation is 1. The highest BCUT2D eigenvalue weighted by molar-refractivity contribution is 7.81. The predicted molar refractivity (Wildman–Crippen MR) is 212 cm³/mol. The zero-order valence-corrected chi connectivity index (χ0v) is 32.2. The molecule has 4 aromatic carbocycles. The van der Waals surface area contributed by atoms with Crippen LogP contribution in [0.25, 0.3) is 10.8 Å². The number of imide groups is 2. The number of rotatable bonds is 16. The molecule has 0 saturated carbocycles. The van der Waals surface area contributed by atoms with Crippen molar-refractivity contribution in [2.45, 2.75) is 57.4 Å². The second-order valence-corrected chi connectivity index (χ2v) is 14.9. The van der Waals surface area contributed by atoms with Crippen LogP contribution in [0.3, 0.4) is 0 Å². The number of benzene rings is 4. The van der Waals surface area contributed by atoms with E-state index < -0.39 is 40.9 Å². The summed E-state index contributed by atoms with van der Waals surface area (Å²) >= 11 is -2.73. The fraction of sp³-hybridized carbons (Fsp3) is 0.317. The van der Waals surface area contributed by atoms with E-state index in [1.807, 2.05) is 6.07 Å².